The third kappa shape index (κ3) is 4.16. The van der Waals surface area contributed by atoms with E-state index in [0.717, 1.165) is 30.3 Å². The summed E-state index contributed by atoms with van der Waals surface area (Å²) in [5, 5.41) is 0. The van der Waals surface area contributed by atoms with Gasteiger partial charge < -0.3 is 9.64 Å². The second-order valence-electron chi connectivity index (χ2n) is 8.41. The van der Waals surface area contributed by atoms with Gasteiger partial charge in [-0.25, -0.2) is 4.40 Å². The average molecular weight is 381 g/mol. The van der Waals surface area contributed by atoms with Gasteiger partial charge in [0.25, 0.3) is 0 Å². The standard InChI is InChI=1S/C23H28N2OS/c1-23(2,3)18-8-12-20(13-9-18)26-19-10-6-17(7-11-19)21-5-4-14-25-15-16-27-24-22(21)25/h6-13,21H,4-5,14-16H2,1-3H3. The molecule has 2 aliphatic rings. The molecule has 0 saturated carbocycles. The molecule has 4 rings (SSSR count). The first-order chi connectivity index (χ1) is 13.0. The third-order valence-electron chi connectivity index (χ3n) is 5.41. The summed E-state index contributed by atoms with van der Waals surface area (Å²) in [7, 11) is 0. The maximum atomic E-state index is 6.05. The van der Waals surface area contributed by atoms with Crippen molar-refractivity contribution in [2.24, 2.45) is 4.40 Å². The number of nitrogens with zero attached hydrogens (tertiary/aromatic N) is 2. The highest BCUT2D eigenvalue weighted by atomic mass is 32.2. The van der Waals surface area contributed by atoms with Gasteiger partial charge in [0.1, 0.15) is 17.3 Å². The Hall–Kier alpha value is -1.94. The van der Waals surface area contributed by atoms with E-state index in [0.29, 0.717) is 5.92 Å². The SMILES string of the molecule is CC(C)(C)c1ccc(Oc2ccc(C3CCCN4CCSN=C34)cc2)cc1. The van der Waals surface area contributed by atoms with Crippen LogP contribution in [0.1, 0.15) is 50.7 Å². The lowest BCUT2D eigenvalue weighted by Gasteiger charge is -2.37. The second kappa shape index (κ2) is 7.59. The Balaban J connectivity index is 1.47. The molecule has 1 unspecified atom stereocenters. The molecule has 2 aliphatic heterocycles. The molecule has 3 nitrogen and oxygen atoms in total. The molecule has 1 atom stereocenters. The number of hydrogen-bond donors (Lipinski definition) is 0. The lowest BCUT2D eigenvalue weighted by Crippen LogP contribution is -2.42. The molecule has 1 fully saturated rings. The summed E-state index contributed by atoms with van der Waals surface area (Å²) in [6, 6.07) is 17.0. The lowest BCUT2D eigenvalue weighted by atomic mass is 9.87. The van der Waals surface area contributed by atoms with E-state index >= 15 is 0 Å². The molecular formula is C23H28N2OS. The monoisotopic (exact) mass is 380 g/mol. The number of amidine groups is 1. The third-order valence-corrected chi connectivity index (χ3v) is 6.09. The summed E-state index contributed by atoms with van der Waals surface area (Å²) in [5.41, 5.74) is 2.82. The first kappa shape index (κ1) is 18.4. The minimum absolute atomic E-state index is 0.161. The molecule has 0 spiro atoms. The molecule has 2 aromatic carbocycles. The smallest absolute Gasteiger partial charge is 0.127 e. The van der Waals surface area contributed by atoms with Crippen LogP contribution in [0.2, 0.25) is 0 Å². The minimum Gasteiger partial charge on any atom is -0.457 e. The van der Waals surface area contributed by atoms with Crippen LogP contribution in [0.15, 0.2) is 52.9 Å². The van der Waals surface area contributed by atoms with Gasteiger partial charge >= 0.3 is 0 Å². The van der Waals surface area contributed by atoms with Gasteiger partial charge in [0, 0.05) is 24.8 Å². The number of piperidine rings is 1. The zero-order valence-corrected chi connectivity index (χ0v) is 17.3. The molecule has 4 heteroatoms. The number of rotatable bonds is 3. The summed E-state index contributed by atoms with van der Waals surface area (Å²) in [6.07, 6.45) is 2.43. The van der Waals surface area contributed by atoms with Gasteiger partial charge in [-0.1, -0.05) is 45.0 Å². The van der Waals surface area contributed by atoms with Crippen molar-refractivity contribution >= 4 is 17.8 Å². The van der Waals surface area contributed by atoms with Crippen LogP contribution in [0.5, 0.6) is 11.5 Å². The Kier molecular flexibility index (Phi) is 5.18. The fraction of sp³-hybridized carbons (Fsp3) is 0.435. The van der Waals surface area contributed by atoms with E-state index in [9.17, 15) is 0 Å². The van der Waals surface area contributed by atoms with Crippen molar-refractivity contribution in [3.8, 4) is 11.5 Å². The minimum atomic E-state index is 0.161. The highest BCUT2D eigenvalue weighted by molar-refractivity contribution is 7.98. The lowest BCUT2D eigenvalue weighted by molar-refractivity contribution is 0.371. The summed E-state index contributed by atoms with van der Waals surface area (Å²) in [4.78, 5) is 2.46. The molecule has 0 amide bonds. The van der Waals surface area contributed by atoms with Crippen molar-refractivity contribution in [1.82, 2.24) is 4.90 Å². The van der Waals surface area contributed by atoms with Gasteiger partial charge in [0.2, 0.25) is 0 Å². The Morgan fingerprint density at radius 1 is 0.963 bits per heavy atom. The summed E-state index contributed by atoms with van der Waals surface area (Å²) < 4.78 is 10.8. The van der Waals surface area contributed by atoms with E-state index in [4.69, 9.17) is 9.13 Å². The maximum Gasteiger partial charge on any atom is 0.127 e. The fourth-order valence-corrected chi connectivity index (χ4v) is 4.57. The van der Waals surface area contributed by atoms with Crippen LogP contribution >= 0.6 is 11.9 Å². The topological polar surface area (TPSA) is 24.8 Å². The van der Waals surface area contributed by atoms with Gasteiger partial charge in [-0.3, -0.25) is 0 Å². The summed E-state index contributed by atoms with van der Waals surface area (Å²) in [6.45, 7) is 8.96. The predicted octanol–water partition coefficient (Wildman–Crippen LogP) is 6.02. The molecule has 2 aromatic rings. The predicted molar refractivity (Wildman–Crippen MR) is 115 cm³/mol. The largest absolute Gasteiger partial charge is 0.457 e. The second-order valence-corrected chi connectivity index (χ2v) is 9.26. The molecule has 142 valence electrons. The summed E-state index contributed by atoms with van der Waals surface area (Å²) in [5.74, 6) is 4.56. The Morgan fingerprint density at radius 2 is 1.63 bits per heavy atom. The molecule has 27 heavy (non-hydrogen) atoms. The number of fused-ring (bicyclic) bond motifs is 1. The Bertz CT molecular complexity index is 806. The highest BCUT2D eigenvalue weighted by Crippen LogP contribution is 2.34. The Morgan fingerprint density at radius 3 is 2.30 bits per heavy atom. The van der Waals surface area contributed by atoms with Crippen LogP contribution in [-0.2, 0) is 5.41 Å². The van der Waals surface area contributed by atoms with Gasteiger partial charge in [-0.05, 0) is 65.6 Å². The van der Waals surface area contributed by atoms with Gasteiger partial charge in [-0.15, -0.1) is 0 Å². The number of benzene rings is 2. The molecular weight excluding hydrogens is 352 g/mol. The molecule has 0 bridgehead atoms. The van der Waals surface area contributed by atoms with Crippen molar-refractivity contribution in [2.45, 2.75) is 44.9 Å². The zero-order valence-electron chi connectivity index (χ0n) is 16.4. The van der Waals surface area contributed by atoms with Crippen LogP contribution in [0.25, 0.3) is 0 Å². The van der Waals surface area contributed by atoms with E-state index in [1.807, 2.05) is 0 Å². The van der Waals surface area contributed by atoms with Crippen molar-refractivity contribution in [3.63, 3.8) is 0 Å². The van der Waals surface area contributed by atoms with Crippen molar-refractivity contribution in [1.29, 1.82) is 0 Å². The van der Waals surface area contributed by atoms with E-state index in [-0.39, 0.29) is 5.41 Å². The van der Waals surface area contributed by atoms with Gasteiger partial charge in [-0.2, -0.15) is 0 Å². The van der Waals surface area contributed by atoms with Crippen LogP contribution in [0.4, 0.5) is 0 Å². The molecule has 0 N–H and O–H groups in total. The van der Waals surface area contributed by atoms with E-state index < -0.39 is 0 Å². The van der Waals surface area contributed by atoms with E-state index in [1.54, 1.807) is 11.9 Å². The molecule has 0 radical (unpaired) electrons. The highest BCUT2D eigenvalue weighted by Gasteiger charge is 2.29. The van der Waals surface area contributed by atoms with Crippen LogP contribution in [0, 0.1) is 0 Å². The average Bonchev–Trinajstić information content (AvgIpc) is 2.68. The maximum absolute atomic E-state index is 6.05. The Labute approximate surface area is 167 Å². The van der Waals surface area contributed by atoms with Crippen LogP contribution < -0.4 is 4.74 Å². The quantitative estimate of drug-likeness (QED) is 0.609. The van der Waals surface area contributed by atoms with Crippen molar-refractivity contribution in [2.75, 3.05) is 18.8 Å². The van der Waals surface area contributed by atoms with E-state index in [1.165, 1.54) is 29.8 Å². The van der Waals surface area contributed by atoms with E-state index in [2.05, 4.69) is 74.2 Å². The van der Waals surface area contributed by atoms with Gasteiger partial charge in [0.15, 0.2) is 0 Å². The van der Waals surface area contributed by atoms with Crippen LogP contribution in [0.3, 0.4) is 0 Å². The number of ether oxygens (including phenoxy) is 1. The first-order valence-corrected chi connectivity index (χ1v) is 10.8. The number of hydrogen-bond acceptors (Lipinski definition) is 4. The fourth-order valence-electron chi connectivity index (χ4n) is 3.80. The van der Waals surface area contributed by atoms with Crippen molar-refractivity contribution < 1.29 is 4.74 Å². The zero-order chi connectivity index (χ0) is 18.9. The molecule has 0 aromatic heterocycles. The van der Waals surface area contributed by atoms with Crippen LogP contribution in [-0.4, -0.2) is 29.6 Å². The molecule has 1 saturated heterocycles. The normalized spacial score (nSPS) is 20.0. The first-order valence-electron chi connectivity index (χ1n) is 9.84. The molecule has 0 aliphatic carbocycles. The summed E-state index contributed by atoms with van der Waals surface area (Å²) >= 11 is 1.71. The molecule has 2 heterocycles. The van der Waals surface area contributed by atoms with Gasteiger partial charge in [0.05, 0.1) is 0 Å². The van der Waals surface area contributed by atoms with Crippen molar-refractivity contribution in [3.05, 3.63) is 59.7 Å².